The van der Waals surface area contributed by atoms with E-state index in [1.807, 2.05) is 23.6 Å². The minimum Gasteiger partial charge on any atom is -0.466 e. The molecule has 6 heteroatoms. The number of likely N-dealkylation sites (tertiary alicyclic amines) is 1. The van der Waals surface area contributed by atoms with E-state index >= 15 is 0 Å². The van der Waals surface area contributed by atoms with E-state index in [0.717, 1.165) is 38.2 Å². The minimum atomic E-state index is 0.0154. The Morgan fingerprint density at radius 2 is 2.18 bits per heavy atom. The van der Waals surface area contributed by atoms with Crippen LogP contribution in [0.15, 0.2) is 10.5 Å². The molecule has 1 N–H and O–H groups in total. The molecule has 2 aliphatic rings. The molecule has 1 aromatic rings. The molecule has 0 bridgehead atoms. The van der Waals surface area contributed by atoms with Gasteiger partial charge in [-0.25, -0.2) is 0 Å². The van der Waals surface area contributed by atoms with Gasteiger partial charge in [-0.1, -0.05) is 0 Å². The lowest BCUT2D eigenvalue weighted by Gasteiger charge is -2.41. The van der Waals surface area contributed by atoms with Crippen LogP contribution in [-0.4, -0.2) is 60.4 Å². The molecule has 0 saturated carbocycles. The van der Waals surface area contributed by atoms with Gasteiger partial charge in [0.05, 0.1) is 12.1 Å². The normalized spacial score (nSPS) is 23.0. The van der Waals surface area contributed by atoms with Gasteiger partial charge in [0.15, 0.2) is 0 Å². The van der Waals surface area contributed by atoms with Crippen LogP contribution in [0, 0.1) is 13.8 Å². The van der Waals surface area contributed by atoms with E-state index in [0.29, 0.717) is 24.4 Å². The van der Waals surface area contributed by atoms with Crippen LogP contribution in [0.25, 0.3) is 0 Å². The van der Waals surface area contributed by atoms with Crippen molar-refractivity contribution in [1.29, 1.82) is 0 Å². The van der Waals surface area contributed by atoms with Gasteiger partial charge in [0.1, 0.15) is 11.5 Å². The fourth-order valence-electron chi connectivity index (χ4n) is 3.41. The number of amides is 2. The number of carbonyl (C=O) groups excluding carboxylic acids is 2. The van der Waals surface area contributed by atoms with Crippen molar-refractivity contribution in [2.75, 3.05) is 32.7 Å². The molecular weight excluding hydrogens is 282 g/mol. The molecule has 120 valence electrons. The lowest BCUT2D eigenvalue weighted by Crippen LogP contribution is -2.57. The summed E-state index contributed by atoms with van der Waals surface area (Å²) in [6, 6.07) is 1.94. The Hall–Kier alpha value is -1.82. The Balaban J connectivity index is 1.71. The highest BCUT2D eigenvalue weighted by Crippen LogP contribution is 2.21. The van der Waals surface area contributed by atoms with Gasteiger partial charge < -0.3 is 19.5 Å². The number of rotatable bonds is 2. The molecule has 6 nitrogen and oxygen atoms in total. The maximum atomic E-state index is 12.7. The summed E-state index contributed by atoms with van der Waals surface area (Å²) >= 11 is 0. The zero-order valence-electron chi connectivity index (χ0n) is 13.2. The number of furan rings is 1. The van der Waals surface area contributed by atoms with Crippen LogP contribution in [0.1, 0.15) is 34.7 Å². The van der Waals surface area contributed by atoms with Crippen LogP contribution in [0.2, 0.25) is 0 Å². The highest BCUT2D eigenvalue weighted by atomic mass is 16.3. The second-order valence-electron chi connectivity index (χ2n) is 6.14. The molecular formula is C16H23N3O3. The molecule has 22 heavy (non-hydrogen) atoms. The zero-order chi connectivity index (χ0) is 15.7. The topological polar surface area (TPSA) is 65.8 Å². The molecule has 1 unspecified atom stereocenters. The standard InChI is InChI=1S/C16H23N3O3/c1-11-8-14(12(2)22-11)16(21)18-6-3-4-13(10-18)19-7-5-17-9-15(19)20/h8,13,17H,3-7,9-10H2,1-2H3. The van der Waals surface area contributed by atoms with Gasteiger partial charge in [0.25, 0.3) is 5.91 Å². The van der Waals surface area contributed by atoms with Gasteiger partial charge >= 0.3 is 0 Å². The predicted molar refractivity (Wildman–Crippen MR) is 81.7 cm³/mol. The quantitative estimate of drug-likeness (QED) is 0.883. The van der Waals surface area contributed by atoms with Crippen molar-refractivity contribution in [3.8, 4) is 0 Å². The number of nitrogens with zero attached hydrogens (tertiary/aromatic N) is 2. The number of piperidine rings is 1. The monoisotopic (exact) mass is 305 g/mol. The smallest absolute Gasteiger partial charge is 0.257 e. The van der Waals surface area contributed by atoms with Crippen molar-refractivity contribution in [3.05, 3.63) is 23.2 Å². The number of carbonyl (C=O) groups is 2. The maximum Gasteiger partial charge on any atom is 0.257 e. The predicted octanol–water partition coefficient (Wildman–Crippen LogP) is 0.933. The average molecular weight is 305 g/mol. The van der Waals surface area contributed by atoms with Crippen LogP contribution in [0.3, 0.4) is 0 Å². The Morgan fingerprint density at radius 1 is 1.36 bits per heavy atom. The largest absolute Gasteiger partial charge is 0.466 e. The van der Waals surface area contributed by atoms with Gasteiger partial charge in [0, 0.05) is 32.2 Å². The molecule has 2 aliphatic heterocycles. The first kappa shape index (κ1) is 15.1. The molecule has 3 heterocycles. The van der Waals surface area contributed by atoms with Crippen LogP contribution < -0.4 is 5.32 Å². The van der Waals surface area contributed by atoms with Crippen molar-refractivity contribution in [2.45, 2.75) is 32.7 Å². The lowest BCUT2D eigenvalue weighted by atomic mass is 10.0. The van der Waals surface area contributed by atoms with Crippen molar-refractivity contribution in [1.82, 2.24) is 15.1 Å². The van der Waals surface area contributed by atoms with Gasteiger partial charge in [-0.3, -0.25) is 9.59 Å². The van der Waals surface area contributed by atoms with E-state index in [4.69, 9.17) is 4.42 Å². The molecule has 3 rings (SSSR count). The fraction of sp³-hybridized carbons (Fsp3) is 0.625. The highest BCUT2D eigenvalue weighted by Gasteiger charge is 2.32. The molecule has 2 fully saturated rings. The fourth-order valence-corrected chi connectivity index (χ4v) is 3.41. The molecule has 0 aromatic carbocycles. The Bertz CT molecular complexity index is 581. The van der Waals surface area contributed by atoms with Crippen LogP contribution in [-0.2, 0) is 4.79 Å². The van der Waals surface area contributed by atoms with Crippen molar-refractivity contribution in [3.63, 3.8) is 0 Å². The van der Waals surface area contributed by atoms with E-state index in [1.54, 1.807) is 6.07 Å². The number of hydrogen-bond acceptors (Lipinski definition) is 4. The Morgan fingerprint density at radius 3 is 2.86 bits per heavy atom. The third-order valence-electron chi connectivity index (χ3n) is 4.52. The van der Waals surface area contributed by atoms with Crippen LogP contribution >= 0.6 is 0 Å². The van der Waals surface area contributed by atoms with Crippen LogP contribution in [0.5, 0.6) is 0 Å². The minimum absolute atomic E-state index is 0.0154. The first-order valence-electron chi connectivity index (χ1n) is 7.93. The van der Waals surface area contributed by atoms with Crippen molar-refractivity contribution in [2.24, 2.45) is 0 Å². The third-order valence-corrected chi connectivity index (χ3v) is 4.52. The van der Waals surface area contributed by atoms with E-state index in [2.05, 4.69) is 5.32 Å². The molecule has 2 amide bonds. The van der Waals surface area contributed by atoms with Gasteiger partial charge in [-0.05, 0) is 32.8 Å². The van der Waals surface area contributed by atoms with Crippen molar-refractivity contribution >= 4 is 11.8 Å². The number of piperazine rings is 1. The van der Waals surface area contributed by atoms with E-state index in [-0.39, 0.29) is 17.9 Å². The molecule has 0 radical (unpaired) electrons. The van der Waals surface area contributed by atoms with E-state index in [1.165, 1.54) is 0 Å². The zero-order valence-corrected chi connectivity index (χ0v) is 13.2. The molecule has 0 aliphatic carbocycles. The Kier molecular flexibility index (Phi) is 4.20. The average Bonchev–Trinajstić information content (AvgIpc) is 2.86. The summed E-state index contributed by atoms with van der Waals surface area (Å²) in [5.41, 5.74) is 0.643. The summed E-state index contributed by atoms with van der Waals surface area (Å²) in [5.74, 6) is 1.58. The Labute approximate surface area is 130 Å². The lowest BCUT2D eigenvalue weighted by molar-refractivity contribution is -0.135. The summed E-state index contributed by atoms with van der Waals surface area (Å²) in [6.45, 7) is 7.01. The second kappa shape index (κ2) is 6.12. The number of hydrogen-bond donors (Lipinski definition) is 1. The second-order valence-corrected chi connectivity index (χ2v) is 6.14. The molecule has 1 aromatic heterocycles. The number of nitrogens with one attached hydrogen (secondary N) is 1. The first-order valence-corrected chi connectivity index (χ1v) is 7.93. The summed E-state index contributed by atoms with van der Waals surface area (Å²) in [6.07, 6.45) is 1.91. The van der Waals surface area contributed by atoms with Crippen LogP contribution in [0.4, 0.5) is 0 Å². The molecule has 1 atom stereocenters. The molecule has 2 saturated heterocycles. The highest BCUT2D eigenvalue weighted by molar-refractivity contribution is 5.95. The van der Waals surface area contributed by atoms with Gasteiger partial charge in [-0.15, -0.1) is 0 Å². The van der Waals surface area contributed by atoms with Gasteiger partial charge in [-0.2, -0.15) is 0 Å². The number of aryl methyl sites for hydroxylation is 2. The SMILES string of the molecule is Cc1cc(C(=O)N2CCCC(N3CCNCC3=O)C2)c(C)o1. The van der Waals surface area contributed by atoms with Gasteiger partial charge in [0.2, 0.25) is 5.91 Å². The first-order chi connectivity index (χ1) is 10.6. The molecule has 0 spiro atoms. The summed E-state index contributed by atoms with van der Waals surface area (Å²) < 4.78 is 5.47. The summed E-state index contributed by atoms with van der Waals surface area (Å²) in [5, 5.41) is 3.09. The van der Waals surface area contributed by atoms with Crippen molar-refractivity contribution < 1.29 is 14.0 Å². The summed E-state index contributed by atoms with van der Waals surface area (Å²) in [4.78, 5) is 28.5. The summed E-state index contributed by atoms with van der Waals surface area (Å²) in [7, 11) is 0. The van der Waals surface area contributed by atoms with E-state index in [9.17, 15) is 9.59 Å². The third kappa shape index (κ3) is 2.88. The van der Waals surface area contributed by atoms with E-state index < -0.39 is 0 Å². The maximum absolute atomic E-state index is 12.7.